The molecule has 1 heterocycles. The Morgan fingerprint density at radius 2 is 2.60 bits per heavy atom. The Bertz CT molecular complexity index is 172. The standard InChI is InChI=1S/C7H10N2O/c1-8-7(10)6-3-2-4-9-5-6/h2-3,5-6H,4H2,1H3,(H,8,10). The minimum atomic E-state index is -0.154. The van der Waals surface area contributed by atoms with Gasteiger partial charge in [-0.15, -0.1) is 0 Å². The number of rotatable bonds is 1. The first-order valence-corrected chi connectivity index (χ1v) is 3.23. The summed E-state index contributed by atoms with van der Waals surface area (Å²) in [6.07, 6.45) is 5.41. The molecule has 1 atom stereocenters. The zero-order valence-corrected chi connectivity index (χ0v) is 5.87. The van der Waals surface area contributed by atoms with Crippen molar-refractivity contribution in [2.45, 2.75) is 0 Å². The molecule has 0 fully saturated rings. The summed E-state index contributed by atoms with van der Waals surface area (Å²) in [5.41, 5.74) is 0. The summed E-state index contributed by atoms with van der Waals surface area (Å²) in [7, 11) is 1.62. The predicted octanol–water partition coefficient (Wildman–Crippen LogP) is -0.0108. The lowest BCUT2D eigenvalue weighted by molar-refractivity contribution is -0.121. The van der Waals surface area contributed by atoms with Gasteiger partial charge in [0.25, 0.3) is 0 Å². The lowest BCUT2D eigenvalue weighted by atomic mass is 10.1. The average molecular weight is 138 g/mol. The molecule has 0 saturated heterocycles. The second-order valence-electron chi connectivity index (χ2n) is 2.08. The van der Waals surface area contributed by atoms with Crippen LogP contribution in [0.1, 0.15) is 0 Å². The van der Waals surface area contributed by atoms with Crippen molar-refractivity contribution >= 4 is 12.1 Å². The highest BCUT2D eigenvalue weighted by Crippen LogP contribution is 1.99. The molecular weight excluding hydrogens is 128 g/mol. The van der Waals surface area contributed by atoms with Gasteiger partial charge in [-0.3, -0.25) is 9.79 Å². The van der Waals surface area contributed by atoms with Crippen molar-refractivity contribution in [1.82, 2.24) is 5.32 Å². The number of nitrogens with one attached hydrogen (secondary N) is 1. The summed E-state index contributed by atoms with van der Waals surface area (Å²) in [5.74, 6) is -0.154. The van der Waals surface area contributed by atoms with E-state index >= 15 is 0 Å². The molecule has 54 valence electrons. The summed E-state index contributed by atoms with van der Waals surface area (Å²) < 4.78 is 0. The van der Waals surface area contributed by atoms with Crippen LogP contribution in [0.15, 0.2) is 17.1 Å². The van der Waals surface area contributed by atoms with Gasteiger partial charge in [0.2, 0.25) is 5.91 Å². The third-order valence-corrected chi connectivity index (χ3v) is 1.37. The number of hydrogen-bond acceptors (Lipinski definition) is 2. The monoisotopic (exact) mass is 138 g/mol. The fraction of sp³-hybridized carbons (Fsp3) is 0.429. The molecule has 10 heavy (non-hydrogen) atoms. The van der Waals surface area contributed by atoms with Crippen molar-refractivity contribution in [2.24, 2.45) is 10.9 Å². The van der Waals surface area contributed by atoms with Gasteiger partial charge < -0.3 is 5.32 Å². The maximum atomic E-state index is 10.9. The number of aliphatic imine (C=N–C) groups is 1. The fourth-order valence-electron chi connectivity index (χ4n) is 0.814. The molecule has 1 amide bonds. The van der Waals surface area contributed by atoms with E-state index in [4.69, 9.17) is 0 Å². The zero-order chi connectivity index (χ0) is 7.40. The first-order valence-electron chi connectivity index (χ1n) is 3.23. The van der Waals surface area contributed by atoms with Crippen molar-refractivity contribution in [3.8, 4) is 0 Å². The molecule has 1 rings (SSSR count). The van der Waals surface area contributed by atoms with E-state index in [1.807, 2.05) is 12.2 Å². The molecule has 1 aliphatic heterocycles. The van der Waals surface area contributed by atoms with Crippen LogP contribution in [-0.4, -0.2) is 25.7 Å². The molecule has 1 N–H and O–H groups in total. The molecular formula is C7H10N2O. The SMILES string of the molecule is CNC(=O)C1C=CCN=C1. The van der Waals surface area contributed by atoms with Crippen molar-refractivity contribution in [2.75, 3.05) is 13.6 Å². The van der Waals surface area contributed by atoms with Crippen LogP contribution in [0, 0.1) is 5.92 Å². The molecule has 0 saturated carbocycles. The number of nitrogens with zero attached hydrogens (tertiary/aromatic N) is 1. The lowest BCUT2D eigenvalue weighted by Gasteiger charge is -2.07. The van der Waals surface area contributed by atoms with Gasteiger partial charge in [0.1, 0.15) is 0 Å². The second-order valence-corrected chi connectivity index (χ2v) is 2.08. The summed E-state index contributed by atoms with van der Waals surface area (Å²) in [4.78, 5) is 14.9. The Balaban J connectivity index is 2.55. The van der Waals surface area contributed by atoms with E-state index in [9.17, 15) is 4.79 Å². The van der Waals surface area contributed by atoms with E-state index in [-0.39, 0.29) is 11.8 Å². The van der Waals surface area contributed by atoms with Gasteiger partial charge in [-0.05, 0) is 0 Å². The van der Waals surface area contributed by atoms with Crippen LogP contribution in [-0.2, 0) is 4.79 Å². The van der Waals surface area contributed by atoms with E-state index in [1.165, 1.54) is 0 Å². The molecule has 3 nitrogen and oxygen atoms in total. The largest absolute Gasteiger partial charge is 0.358 e. The molecule has 3 heteroatoms. The summed E-state index contributed by atoms with van der Waals surface area (Å²) in [6.45, 7) is 0.702. The molecule has 1 aliphatic rings. The molecule has 1 unspecified atom stereocenters. The van der Waals surface area contributed by atoms with Crippen LogP contribution in [0.25, 0.3) is 0 Å². The van der Waals surface area contributed by atoms with Crippen molar-refractivity contribution in [3.63, 3.8) is 0 Å². The van der Waals surface area contributed by atoms with Crippen LogP contribution >= 0.6 is 0 Å². The number of dihydropyridines is 1. The summed E-state index contributed by atoms with van der Waals surface area (Å²) >= 11 is 0. The molecule has 0 aliphatic carbocycles. The van der Waals surface area contributed by atoms with Gasteiger partial charge in [-0.25, -0.2) is 0 Å². The van der Waals surface area contributed by atoms with Gasteiger partial charge >= 0.3 is 0 Å². The maximum Gasteiger partial charge on any atom is 0.232 e. The second kappa shape index (κ2) is 3.15. The van der Waals surface area contributed by atoms with Crippen LogP contribution in [0.4, 0.5) is 0 Å². The number of hydrogen-bond donors (Lipinski definition) is 1. The number of carbonyl (C=O) groups is 1. The molecule has 0 aromatic carbocycles. The van der Waals surface area contributed by atoms with Gasteiger partial charge in [-0.1, -0.05) is 12.2 Å². The minimum absolute atomic E-state index is 0.000278. The van der Waals surface area contributed by atoms with Gasteiger partial charge in [-0.2, -0.15) is 0 Å². The van der Waals surface area contributed by atoms with E-state index in [1.54, 1.807) is 13.3 Å². The van der Waals surface area contributed by atoms with Crippen molar-refractivity contribution in [3.05, 3.63) is 12.2 Å². The average Bonchev–Trinajstić information content (AvgIpc) is 2.05. The molecule has 0 spiro atoms. The van der Waals surface area contributed by atoms with Crippen LogP contribution in [0.3, 0.4) is 0 Å². The van der Waals surface area contributed by atoms with Crippen molar-refractivity contribution in [1.29, 1.82) is 0 Å². The van der Waals surface area contributed by atoms with E-state index in [2.05, 4.69) is 10.3 Å². The van der Waals surface area contributed by atoms with Crippen LogP contribution in [0.2, 0.25) is 0 Å². The molecule has 0 aromatic rings. The van der Waals surface area contributed by atoms with Crippen molar-refractivity contribution < 1.29 is 4.79 Å². The highest BCUT2D eigenvalue weighted by molar-refractivity contribution is 5.95. The molecule has 0 aromatic heterocycles. The van der Waals surface area contributed by atoms with E-state index < -0.39 is 0 Å². The summed E-state index contributed by atoms with van der Waals surface area (Å²) in [5, 5.41) is 2.55. The smallest absolute Gasteiger partial charge is 0.232 e. The number of amides is 1. The van der Waals surface area contributed by atoms with E-state index in [0.29, 0.717) is 6.54 Å². The first kappa shape index (κ1) is 6.99. The Morgan fingerprint density at radius 1 is 1.80 bits per heavy atom. The van der Waals surface area contributed by atoms with Gasteiger partial charge in [0, 0.05) is 13.3 Å². The van der Waals surface area contributed by atoms with Crippen LogP contribution < -0.4 is 5.32 Å². The zero-order valence-electron chi connectivity index (χ0n) is 5.87. The number of carbonyl (C=O) groups excluding carboxylic acids is 1. The quantitative estimate of drug-likeness (QED) is 0.509. The third-order valence-electron chi connectivity index (χ3n) is 1.37. The highest BCUT2D eigenvalue weighted by atomic mass is 16.1. The Hall–Kier alpha value is -1.12. The molecule has 0 radical (unpaired) electrons. The van der Waals surface area contributed by atoms with E-state index in [0.717, 1.165) is 0 Å². The Labute approximate surface area is 59.8 Å². The lowest BCUT2D eigenvalue weighted by Crippen LogP contribution is -2.27. The molecule has 0 bridgehead atoms. The van der Waals surface area contributed by atoms with Gasteiger partial charge in [0.05, 0.1) is 12.5 Å². The minimum Gasteiger partial charge on any atom is -0.358 e. The third kappa shape index (κ3) is 1.43. The summed E-state index contributed by atoms with van der Waals surface area (Å²) in [6, 6.07) is 0. The fourth-order valence-corrected chi connectivity index (χ4v) is 0.814. The van der Waals surface area contributed by atoms with Gasteiger partial charge in [0.15, 0.2) is 0 Å². The maximum absolute atomic E-state index is 10.9. The topological polar surface area (TPSA) is 41.5 Å². The van der Waals surface area contributed by atoms with Crippen LogP contribution in [0.5, 0.6) is 0 Å². The normalized spacial score (nSPS) is 22.7. The Kier molecular flexibility index (Phi) is 2.20. The Morgan fingerprint density at radius 3 is 3.10 bits per heavy atom. The predicted molar refractivity (Wildman–Crippen MR) is 40.1 cm³/mol. The first-order chi connectivity index (χ1) is 4.84. The highest BCUT2D eigenvalue weighted by Gasteiger charge is 2.11.